The Morgan fingerprint density at radius 3 is 3.00 bits per heavy atom. The highest BCUT2D eigenvalue weighted by Gasteiger charge is 2.24. The molecule has 3 rings (SSSR count). The summed E-state index contributed by atoms with van der Waals surface area (Å²) in [5.74, 6) is 0. The summed E-state index contributed by atoms with van der Waals surface area (Å²) in [6, 6.07) is 7.97. The molecule has 1 saturated heterocycles. The van der Waals surface area contributed by atoms with E-state index in [9.17, 15) is 4.79 Å². The number of likely N-dealkylation sites (N-methyl/N-ethyl adjacent to an activating group) is 1. The van der Waals surface area contributed by atoms with Gasteiger partial charge in [0, 0.05) is 12.6 Å². The van der Waals surface area contributed by atoms with Crippen LogP contribution in [0.15, 0.2) is 29.1 Å². The molecule has 0 radical (unpaired) electrons. The van der Waals surface area contributed by atoms with E-state index in [0.717, 1.165) is 25.0 Å². The van der Waals surface area contributed by atoms with Gasteiger partial charge in [0.15, 0.2) is 4.77 Å². The van der Waals surface area contributed by atoms with Gasteiger partial charge in [0.1, 0.15) is 0 Å². The highest BCUT2D eigenvalue weighted by Crippen LogP contribution is 2.18. The van der Waals surface area contributed by atoms with Gasteiger partial charge < -0.3 is 4.98 Å². The Morgan fingerprint density at radius 1 is 1.40 bits per heavy atom. The third-order valence-corrected chi connectivity index (χ3v) is 4.51. The molecule has 1 aliphatic rings. The maximum Gasteiger partial charge on any atom is 0.262 e. The second kappa shape index (κ2) is 5.50. The molecule has 2 aromatic rings. The second-order valence-corrected chi connectivity index (χ2v) is 5.70. The number of hydrogen-bond donors (Lipinski definition) is 1. The fourth-order valence-corrected chi connectivity index (χ4v) is 3.36. The molecule has 0 unspecified atom stereocenters. The number of para-hydroxylation sites is 1. The Hall–Kier alpha value is -1.46. The summed E-state index contributed by atoms with van der Waals surface area (Å²) < 4.78 is 2.24. The van der Waals surface area contributed by atoms with Gasteiger partial charge in [-0.15, -0.1) is 0 Å². The number of aromatic amines is 1. The number of fused-ring (bicyclic) bond motifs is 1. The van der Waals surface area contributed by atoms with Crippen molar-refractivity contribution >= 4 is 23.1 Å². The minimum absolute atomic E-state index is 0.0207. The van der Waals surface area contributed by atoms with E-state index in [1.807, 2.05) is 24.3 Å². The lowest BCUT2D eigenvalue weighted by atomic mass is 10.2. The van der Waals surface area contributed by atoms with Crippen molar-refractivity contribution in [3.8, 4) is 0 Å². The molecule has 0 saturated carbocycles. The average molecular weight is 289 g/mol. The molecule has 0 aliphatic carbocycles. The Morgan fingerprint density at radius 2 is 2.20 bits per heavy atom. The van der Waals surface area contributed by atoms with Gasteiger partial charge in [-0.2, -0.15) is 0 Å². The first kappa shape index (κ1) is 13.5. The SMILES string of the molecule is CCN1CCC[C@@H]1Cn1c(=S)[nH]c2ccccc2c1=O. The number of H-pyrrole nitrogens is 1. The van der Waals surface area contributed by atoms with Crippen LogP contribution in [-0.2, 0) is 6.54 Å². The first-order chi connectivity index (χ1) is 9.70. The van der Waals surface area contributed by atoms with Crippen LogP contribution in [0.1, 0.15) is 19.8 Å². The normalized spacial score (nSPS) is 19.8. The van der Waals surface area contributed by atoms with E-state index in [1.54, 1.807) is 4.57 Å². The molecule has 4 nitrogen and oxygen atoms in total. The van der Waals surface area contributed by atoms with E-state index in [4.69, 9.17) is 12.2 Å². The van der Waals surface area contributed by atoms with Gasteiger partial charge in [0.25, 0.3) is 5.56 Å². The summed E-state index contributed by atoms with van der Waals surface area (Å²) in [7, 11) is 0. The molecule has 1 aromatic heterocycles. The molecule has 1 atom stereocenters. The predicted molar refractivity (Wildman–Crippen MR) is 83.7 cm³/mol. The van der Waals surface area contributed by atoms with Crippen molar-refractivity contribution in [2.45, 2.75) is 32.4 Å². The molecule has 1 N–H and O–H groups in total. The van der Waals surface area contributed by atoms with Gasteiger partial charge in [-0.25, -0.2) is 0 Å². The van der Waals surface area contributed by atoms with Gasteiger partial charge in [0.05, 0.1) is 10.9 Å². The van der Waals surface area contributed by atoms with Crippen molar-refractivity contribution in [2.24, 2.45) is 0 Å². The van der Waals surface area contributed by atoms with E-state index in [0.29, 0.717) is 22.7 Å². The fourth-order valence-electron chi connectivity index (χ4n) is 3.09. The van der Waals surface area contributed by atoms with Crippen LogP contribution < -0.4 is 5.56 Å². The zero-order chi connectivity index (χ0) is 14.1. The van der Waals surface area contributed by atoms with Crippen molar-refractivity contribution in [2.75, 3.05) is 13.1 Å². The lowest BCUT2D eigenvalue weighted by Crippen LogP contribution is -2.36. The highest BCUT2D eigenvalue weighted by molar-refractivity contribution is 7.71. The van der Waals surface area contributed by atoms with Crippen molar-refractivity contribution in [3.63, 3.8) is 0 Å². The molecule has 106 valence electrons. The van der Waals surface area contributed by atoms with Crippen LogP contribution in [0.4, 0.5) is 0 Å². The minimum atomic E-state index is 0.0207. The van der Waals surface area contributed by atoms with Crippen LogP contribution in [0.2, 0.25) is 0 Å². The summed E-state index contributed by atoms with van der Waals surface area (Å²) in [6.45, 7) is 5.01. The van der Waals surface area contributed by atoms with E-state index in [-0.39, 0.29) is 5.56 Å². The van der Waals surface area contributed by atoms with Crippen LogP contribution in [0.25, 0.3) is 10.9 Å². The summed E-state index contributed by atoms with van der Waals surface area (Å²) in [4.78, 5) is 18.2. The largest absolute Gasteiger partial charge is 0.332 e. The van der Waals surface area contributed by atoms with Gasteiger partial charge in [-0.05, 0) is 50.3 Å². The molecule has 0 amide bonds. The summed E-state index contributed by atoms with van der Waals surface area (Å²) in [5, 5.41) is 0.710. The molecule has 20 heavy (non-hydrogen) atoms. The Kier molecular flexibility index (Phi) is 3.72. The van der Waals surface area contributed by atoms with Crippen molar-refractivity contribution < 1.29 is 0 Å². The molecular weight excluding hydrogens is 270 g/mol. The van der Waals surface area contributed by atoms with Crippen LogP contribution in [0, 0.1) is 4.77 Å². The molecule has 5 heteroatoms. The van der Waals surface area contributed by atoms with Crippen LogP contribution in [0.5, 0.6) is 0 Å². The monoisotopic (exact) mass is 289 g/mol. The number of hydrogen-bond acceptors (Lipinski definition) is 3. The van der Waals surface area contributed by atoms with E-state index in [2.05, 4.69) is 16.8 Å². The summed E-state index contributed by atoms with van der Waals surface area (Å²) in [5.41, 5.74) is 0.838. The van der Waals surface area contributed by atoms with Crippen LogP contribution in [0.3, 0.4) is 0 Å². The summed E-state index contributed by atoms with van der Waals surface area (Å²) in [6.07, 6.45) is 2.35. The van der Waals surface area contributed by atoms with Crippen LogP contribution >= 0.6 is 12.2 Å². The van der Waals surface area contributed by atoms with E-state index in [1.165, 1.54) is 6.42 Å². The number of nitrogens with one attached hydrogen (secondary N) is 1. The number of benzene rings is 1. The second-order valence-electron chi connectivity index (χ2n) is 5.32. The number of aromatic nitrogens is 2. The number of likely N-dealkylation sites (tertiary alicyclic amines) is 1. The predicted octanol–water partition coefficient (Wildman–Crippen LogP) is 2.54. The lowest BCUT2D eigenvalue weighted by molar-refractivity contribution is 0.241. The fraction of sp³-hybridized carbons (Fsp3) is 0.467. The zero-order valence-electron chi connectivity index (χ0n) is 11.6. The van der Waals surface area contributed by atoms with Crippen molar-refractivity contribution in [1.29, 1.82) is 0 Å². The average Bonchev–Trinajstić information content (AvgIpc) is 2.90. The highest BCUT2D eigenvalue weighted by atomic mass is 32.1. The lowest BCUT2D eigenvalue weighted by Gasteiger charge is -2.23. The third kappa shape index (κ3) is 2.31. The van der Waals surface area contributed by atoms with Crippen LogP contribution in [-0.4, -0.2) is 33.6 Å². The standard InChI is InChI=1S/C15H19N3OS/c1-2-17-9-5-6-11(17)10-18-14(19)12-7-3-4-8-13(12)16-15(18)20/h3-4,7-8,11H,2,5-6,9-10H2,1H3,(H,16,20)/t11-/m1/s1. The van der Waals surface area contributed by atoms with E-state index < -0.39 is 0 Å². The smallest absolute Gasteiger partial charge is 0.262 e. The quantitative estimate of drug-likeness (QED) is 0.883. The van der Waals surface area contributed by atoms with Gasteiger partial charge in [0.2, 0.25) is 0 Å². The van der Waals surface area contributed by atoms with Gasteiger partial charge in [-0.3, -0.25) is 14.3 Å². The van der Waals surface area contributed by atoms with Crippen molar-refractivity contribution in [1.82, 2.24) is 14.5 Å². The number of rotatable bonds is 3. The van der Waals surface area contributed by atoms with Gasteiger partial charge >= 0.3 is 0 Å². The first-order valence-electron chi connectivity index (χ1n) is 7.16. The molecular formula is C15H19N3OS. The molecule has 2 heterocycles. The Labute approximate surface area is 123 Å². The number of nitrogens with zero attached hydrogens (tertiary/aromatic N) is 2. The molecule has 1 aromatic carbocycles. The summed E-state index contributed by atoms with van der Waals surface area (Å²) >= 11 is 5.37. The molecule has 1 fully saturated rings. The maximum absolute atomic E-state index is 12.6. The Bertz CT molecular complexity index is 734. The first-order valence-corrected chi connectivity index (χ1v) is 7.57. The maximum atomic E-state index is 12.6. The topological polar surface area (TPSA) is 41.0 Å². The van der Waals surface area contributed by atoms with Crippen molar-refractivity contribution in [3.05, 3.63) is 39.4 Å². The van der Waals surface area contributed by atoms with E-state index >= 15 is 0 Å². The Balaban J connectivity index is 2.03. The molecule has 0 bridgehead atoms. The zero-order valence-corrected chi connectivity index (χ0v) is 12.4. The minimum Gasteiger partial charge on any atom is -0.332 e. The molecule has 0 spiro atoms. The van der Waals surface area contributed by atoms with Gasteiger partial charge in [-0.1, -0.05) is 19.1 Å². The molecule has 1 aliphatic heterocycles. The third-order valence-electron chi connectivity index (χ3n) is 4.19.